The minimum atomic E-state index is -3.51. The lowest BCUT2D eigenvalue weighted by Gasteiger charge is -2.39. The van der Waals surface area contributed by atoms with Crippen LogP contribution >= 0.6 is 0 Å². The summed E-state index contributed by atoms with van der Waals surface area (Å²) in [5.41, 5.74) is 0. The van der Waals surface area contributed by atoms with E-state index in [9.17, 15) is 13.2 Å². The molecule has 2 saturated heterocycles. The Morgan fingerprint density at radius 3 is 2.25 bits per heavy atom. The summed E-state index contributed by atoms with van der Waals surface area (Å²) in [5, 5.41) is 9.08. The van der Waals surface area contributed by atoms with Crippen molar-refractivity contribution in [2.75, 3.05) is 26.2 Å². The zero-order valence-electron chi connectivity index (χ0n) is 12.2. The minimum absolute atomic E-state index is 0.108. The van der Waals surface area contributed by atoms with Gasteiger partial charge in [0.05, 0.1) is 5.92 Å². The van der Waals surface area contributed by atoms with E-state index in [1.165, 1.54) is 8.61 Å². The topological polar surface area (TPSA) is 77.9 Å². The highest BCUT2D eigenvalue weighted by Gasteiger charge is 2.38. The Morgan fingerprint density at radius 2 is 1.70 bits per heavy atom. The van der Waals surface area contributed by atoms with Crippen molar-refractivity contribution in [2.24, 2.45) is 17.8 Å². The highest BCUT2D eigenvalue weighted by molar-refractivity contribution is 7.86. The number of hydrogen-bond donors (Lipinski definition) is 1. The standard InChI is InChI=1S/C13H24N2O4S/c1-10-6-11(2)8-15(7-10)20(18,19)14-5-3-4-12(9-14)13(16)17/h10-12H,3-9H2,1-2H3,(H,16,17). The van der Waals surface area contributed by atoms with Crippen LogP contribution in [0.25, 0.3) is 0 Å². The lowest BCUT2D eigenvalue weighted by molar-refractivity contribution is -0.142. The molecular formula is C13H24N2O4S. The summed E-state index contributed by atoms with van der Waals surface area (Å²) < 4.78 is 28.2. The first-order valence-corrected chi connectivity index (χ1v) is 8.68. The fourth-order valence-corrected chi connectivity index (χ4v) is 5.25. The van der Waals surface area contributed by atoms with Crippen molar-refractivity contribution in [1.29, 1.82) is 0 Å². The highest BCUT2D eigenvalue weighted by atomic mass is 32.2. The Kier molecular flexibility index (Phi) is 4.71. The molecule has 3 unspecified atom stereocenters. The number of carboxylic acid groups (broad SMARTS) is 1. The maximum atomic E-state index is 12.7. The van der Waals surface area contributed by atoms with E-state index in [1.807, 2.05) is 0 Å². The SMILES string of the molecule is CC1CC(C)CN(S(=O)(=O)N2CCCC(C(=O)O)C2)C1. The molecule has 0 aromatic carbocycles. The van der Waals surface area contributed by atoms with Gasteiger partial charge < -0.3 is 5.11 Å². The molecule has 116 valence electrons. The molecule has 6 nitrogen and oxygen atoms in total. The summed E-state index contributed by atoms with van der Waals surface area (Å²) >= 11 is 0. The highest BCUT2D eigenvalue weighted by Crippen LogP contribution is 2.27. The van der Waals surface area contributed by atoms with Crippen molar-refractivity contribution in [1.82, 2.24) is 8.61 Å². The van der Waals surface area contributed by atoms with Crippen LogP contribution in [0.5, 0.6) is 0 Å². The second-order valence-corrected chi connectivity index (χ2v) is 8.23. The van der Waals surface area contributed by atoms with Crippen molar-refractivity contribution in [3.8, 4) is 0 Å². The van der Waals surface area contributed by atoms with Gasteiger partial charge in [0.1, 0.15) is 0 Å². The Labute approximate surface area is 120 Å². The molecule has 0 aromatic rings. The van der Waals surface area contributed by atoms with E-state index in [0.29, 0.717) is 44.3 Å². The van der Waals surface area contributed by atoms with E-state index in [1.54, 1.807) is 0 Å². The zero-order chi connectivity index (χ0) is 14.9. The molecule has 2 heterocycles. The molecule has 2 fully saturated rings. The van der Waals surface area contributed by atoms with Gasteiger partial charge in [-0.25, -0.2) is 0 Å². The van der Waals surface area contributed by atoms with Gasteiger partial charge in [0.15, 0.2) is 0 Å². The molecule has 20 heavy (non-hydrogen) atoms. The molecule has 2 rings (SSSR count). The number of nitrogens with zero attached hydrogens (tertiary/aromatic N) is 2. The van der Waals surface area contributed by atoms with Crippen LogP contribution in [0.3, 0.4) is 0 Å². The van der Waals surface area contributed by atoms with Crippen molar-refractivity contribution < 1.29 is 18.3 Å². The van der Waals surface area contributed by atoms with Gasteiger partial charge in [-0.15, -0.1) is 0 Å². The summed E-state index contributed by atoms with van der Waals surface area (Å²) in [4.78, 5) is 11.1. The second-order valence-electron chi connectivity index (χ2n) is 6.31. The van der Waals surface area contributed by atoms with E-state index in [0.717, 1.165) is 6.42 Å². The lowest BCUT2D eigenvalue weighted by atomic mass is 9.94. The Morgan fingerprint density at radius 1 is 1.10 bits per heavy atom. The number of carboxylic acids is 1. The Balaban J connectivity index is 2.11. The molecule has 0 saturated carbocycles. The summed E-state index contributed by atoms with van der Waals surface area (Å²) in [6, 6.07) is 0. The number of hydrogen-bond acceptors (Lipinski definition) is 3. The fraction of sp³-hybridized carbons (Fsp3) is 0.923. The van der Waals surface area contributed by atoms with Crippen molar-refractivity contribution in [3.63, 3.8) is 0 Å². The van der Waals surface area contributed by atoms with Crippen molar-refractivity contribution in [2.45, 2.75) is 33.1 Å². The summed E-state index contributed by atoms with van der Waals surface area (Å²) in [6.45, 7) is 5.76. The van der Waals surface area contributed by atoms with Gasteiger partial charge in [-0.3, -0.25) is 4.79 Å². The third kappa shape index (κ3) is 3.32. The van der Waals surface area contributed by atoms with Gasteiger partial charge in [-0.2, -0.15) is 17.0 Å². The van der Waals surface area contributed by atoms with Gasteiger partial charge in [0, 0.05) is 26.2 Å². The van der Waals surface area contributed by atoms with E-state index < -0.39 is 22.1 Å². The van der Waals surface area contributed by atoms with Crippen molar-refractivity contribution >= 4 is 16.2 Å². The molecule has 0 spiro atoms. The molecule has 0 bridgehead atoms. The van der Waals surface area contributed by atoms with Crippen LogP contribution in [0.15, 0.2) is 0 Å². The largest absolute Gasteiger partial charge is 0.481 e. The third-order valence-electron chi connectivity index (χ3n) is 4.22. The molecule has 2 aliphatic rings. The first-order valence-electron chi connectivity index (χ1n) is 7.28. The van der Waals surface area contributed by atoms with Gasteiger partial charge in [0.2, 0.25) is 0 Å². The van der Waals surface area contributed by atoms with E-state index in [-0.39, 0.29) is 6.54 Å². The average Bonchev–Trinajstić information content (AvgIpc) is 2.37. The molecule has 2 aliphatic heterocycles. The molecule has 0 radical (unpaired) electrons. The van der Waals surface area contributed by atoms with Crippen LogP contribution in [0.4, 0.5) is 0 Å². The fourth-order valence-electron chi connectivity index (χ4n) is 3.31. The van der Waals surface area contributed by atoms with Crippen LogP contribution in [-0.4, -0.2) is 54.3 Å². The summed E-state index contributed by atoms with van der Waals surface area (Å²) in [7, 11) is -3.51. The molecule has 3 atom stereocenters. The van der Waals surface area contributed by atoms with Crippen LogP contribution in [0.2, 0.25) is 0 Å². The van der Waals surface area contributed by atoms with Gasteiger partial charge >= 0.3 is 5.97 Å². The Bertz CT molecular complexity index is 455. The minimum Gasteiger partial charge on any atom is -0.481 e. The average molecular weight is 304 g/mol. The third-order valence-corrected chi connectivity index (χ3v) is 6.16. The molecule has 0 aromatic heterocycles. The first kappa shape index (κ1) is 15.7. The van der Waals surface area contributed by atoms with Crippen LogP contribution in [0.1, 0.15) is 33.1 Å². The predicted molar refractivity (Wildman–Crippen MR) is 75.4 cm³/mol. The molecule has 7 heteroatoms. The summed E-state index contributed by atoms with van der Waals surface area (Å²) in [6.07, 6.45) is 2.23. The maximum Gasteiger partial charge on any atom is 0.307 e. The number of aliphatic carboxylic acids is 1. The van der Waals surface area contributed by atoms with Crippen LogP contribution < -0.4 is 0 Å². The molecular weight excluding hydrogens is 280 g/mol. The van der Waals surface area contributed by atoms with Crippen LogP contribution in [-0.2, 0) is 15.0 Å². The van der Waals surface area contributed by atoms with E-state index in [2.05, 4.69) is 13.8 Å². The molecule has 0 amide bonds. The maximum absolute atomic E-state index is 12.7. The molecule has 1 N–H and O–H groups in total. The lowest BCUT2D eigenvalue weighted by Crippen LogP contribution is -2.52. The van der Waals surface area contributed by atoms with Crippen LogP contribution in [0, 0.1) is 17.8 Å². The van der Waals surface area contributed by atoms with Gasteiger partial charge in [-0.1, -0.05) is 13.8 Å². The van der Waals surface area contributed by atoms with E-state index >= 15 is 0 Å². The quantitative estimate of drug-likeness (QED) is 0.844. The van der Waals surface area contributed by atoms with Gasteiger partial charge in [-0.05, 0) is 31.1 Å². The molecule has 0 aliphatic carbocycles. The number of carbonyl (C=O) groups is 1. The normalized spacial score (nSPS) is 34.0. The first-order chi connectivity index (χ1) is 9.30. The predicted octanol–water partition coefficient (Wildman–Crippen LogP) is 1.01. The zero-order valence-corrected chi connectivity index (χ0v) is 13.0. The van der Waals surface area contributed by atoms with E-state index in [4.69, 9.17) is 5.11 Å². The second kappa shape index (κ2) is 5.99. The van der Waals surface area contributed by atoms with Gasteiger partial charge in [0.25, 0.3) is 10.2 Å². The number of piperidine rings is 2. The monoisotopic (exact) mass is 304 g/mol. The smallest absolute Gasteiger partial charge is 0.307 e. The number of rotatable bonds is 3. The Hall–Kier alpha value is -0.660. The van der Waals surface area contributed by atoms with Crippen molar-refractivity contribution in [3.05, 3.63) is 0 Å². The summed E-state index contributed by atoms with van der Waals surface area (Å²) in [5.74, 6) is -0.759.